The second-order valence-electron chi connectivity index (χ2n) is 5.19. The van der Waals surface area contributed by atoms with Crippen LogP contribution in [-0.2, 0) is 16.0 Å². The normalized spacial score (nSPS) is 14.4. The fourth-order valence-electron chi connectivity index (χ4n) is 2.27. The lowest BCUT2D eigenvalue weighted by atomic mass is 10.1. The molecule has 24 heavy (non-hydrogen) atoms. The van der Waals surface area contributed by atoms with Gasteiger partial charge in [0.25, 0.3) is 5.69 Å². The lowest BCUT2D eigenvalue weighted by molar-refractivity contribution is -0.384. The van der Waals surface area contributed by atoms with Gasteiger partial charge in [-0.15, -0.1) is 0 Å². The molecule has 0 atom stereocenters. The summed E-state index contributed by atoms with van der Waals surface area (Å²) in [5.41, 5.74) is 1.82. The van der Waals surface area contributed by atoms with E-state index in [1.807, 2.05) is 6.08 Å². The van der Waals surface area contributed by atoms with E-state index in [2.05, 4.69) is 9.99 Å². The molecule has 0 aliphatic carbocycles. The highest BCUT2D eigenvalue weighted by Gasteiger charge is 2.18. The number of amides is 1. The van der Waals surface area contributed by atoms with Crippen LogP contribution in [0.4, 0.5) is 10.5 Å². The van der Waals surface area contributed by atoms with Gasteiger partial charge in [-0.1, -0.05) is 23.4 Å². The SMILES string of the molecule is CON=CC1=CCCN(C(=O)OCCc2ccc([N+](=O)[O-])cc2)C1. The Bertz CT molecular complexity index is 640. The number of carbonyl (C=O) groups is 1. The molecule has 2 rings (SSSR count). The van der Waals surface area contributed by atoms with Crippen molar-refractivity contribution in [3.8, 4) is 0 Å². The van der Waals surface area contributed by atoms with E-state index in [4.69, 9.17) is 4.74 Å². The molecule has 1 aromatic rings. The standard InChI is InChI=1S/C16H19N3O5/c1-23-17-11-14-3-2-9-18(12-14)16(20)24-10-8-13-4-6-15(7-5-13)19(21)22/h3-7,11H,2,8-10,12H2,1H3. The van der Waals surface area contributed by atoms with Crippen LogP contribution in [0.2, 0.25) is 0 Å². The average Bonchev–Trinajstić information content (AvgIpc) is 2.60. The van der Waals surface area contributed by atoms with Gasteiger partial charge in [0.1, 0.15) is 7.11 Å². The van der Waals surface area contributed by atoms with Crippen molar-refractivity contribution in [2.45, 2.75) is 12.8 Å². The van der Waals surface area contributed by atoms with Crippen molar-refractivity contribution in [1.82, 2.24) is 4.90 Å². The van der Waals surface area contributed by atoms with Crippen molar-refractivity contribution in [3.05, 3.63) is 51.6 Å². The second kappa shape index (κ2) is 8.66. The first-order chi connectivity index (χ1) is 11.6. The van der Waals surface area contributed by atoms with Crippen LogP contribution in [-0.4, -0.2) is 48.9 Å². The summed E-state index contributed by atoms with van der Waals surface area (Å²) in [5.74, 6) is 0. The van der Waals surface area contributed by atoms with E-state index in [1.165, 1.54) is 19.2 Å². The van der Waals surface area contributed by atoms with Gasteiger partial charge in [-0.05, 0) is 17.6 Å². The van der Waals surface area contributed by atoms with E-state index < -0.39 is 4.92 Å². The number of hydrogen-bond acceptors (Lipinski definition) is 6. The van der Waals surface area contributed by atoms with E-state index in [0.29, 0.717) is 19.5 Å². The van der Waals surface area contributed by atoms with Crippen LogP contribution in [0.25, 0.3) is 0 Å². The highest BCUT2D eigenvalue weighted by molar-refractivity contribution is 5.80. The maximum atomic E-state index is 12.1. The molecular formula is C16H19N3O5. The molecule has 0 fully saturated rings. The van der Waals surface area contributed by atoms with E-state index >= 15 is 0 Å². The molecule has 8 heteroatoms. The first-order valence-electron chi connectivity index (χ1n) is 7.50. The predicted octanol–water partition coefficient (Wildman–Crippen LogP) is 2.54. The number of rotatable bonds is 6. The van der Waals surface area contributed by atoms with Crippen molar-refractivity contribution in [2.75, 3.05) is 26.8 Å². The number of benzene rings is 1. The molecule has 0 spiro atoms. The van der Waals surface area contributed by atoms with E-state index in [1.54, 1.807) is 23.2 Å². The summed E-state index contributed by atoms with van der Waals surface area (Å²) in [6.07, 6.45) is 4.45. The monoisotopic (exact) mass is 333 g/mol. The van der Waals surface area contributed by atoms with Crippen LogP contribution in [0, 0.1) is 10.1 Å². The van der Waals surface area contributed by atoms with Crippen molar-refractivity contribution in [2.24, 2.45) is 5.16 Å². The number of carbonyl (C=O) groups excluding carboxylic acids is 1. The Balaban J connectivity index is 1.78. The lowest BCUT2D eigenvalue weighted by Crippen LogP contribution is -2.36. The molecule has 0 unspecified atom stereocenters. The number of nitrogens with zero attached hydrogens (tertiary/aromatic N) is 3. The third-order valence-corrected chi connectivity index (χ3v) is 3.52. The van der Waals surface area contributed by atoms with Gasteiger partial charge in [0, 0.05) is 25.1 Å². The zero-order valence-corrected chi connectivity index (χ0v) is 13.4. The smallest absolute Gasteiger partial charge is 0.410 e. The second-order valence-corrected chi connectivity index (χ2v) is 5.19. The van der Waals surface area contributed by atoms with Crippen LogP contribution in [0.1, 0.15) is 12.0 Å². The molecule has 0 bridgehead atoms. The summed E-state index contributed by atoms with van der Waals surface area (Å²) >= 11 is 0. The quantitative estimate of drug-likeness (QED) is 0.453. The van der Waals surface area contributed by atoms with Crippen LogP contribution in [0.3, 0.4) is 0 Å². The Morgan fingerprint density at radius 1 is 1.42 bits per heavy atom. The minimum Gasteiger partial charge on any atom is -0.449 e. The van der Waals surface area contributed by atoms with Gasteiger partial charge in [0.15, 0.2) is 0 Å². The van der Waals surface area contributed by atoms with Crippen LogP contribution < -0.4 is 0 Å². The Hall–Kier alpha value is -2.90. The molecule has 1 amide bonds. The molecule has 1 aliphatic heterocycles. The van der Waals surface area contributed by atoms with Crippen molar-refractivity contribution < 1.29 is 19.3 Å². The number of nitro benzene ring substituents is 1. The highest BCUT2D eigenvalue weighted by atomic mass is 16.6. The molecule has 8 nitrogen and oxygen atoms in total. The predicted molar refractivity (Wildman–Crippen MR) is 87.9 cm³/mol. The Labute approximate surface area is 139 Å². The third kappa shape index (κ3) is 5.08. The van der Waals surface area contributed by atoms with Crippen molar-refractivity contribution in [3.63, 3.8) is 0 Å². The third-order valence-electron chi connectivity index (χ3n) is 3.52. The molecule has 0 aromatic heterocycles. The van der Waals surface area contributed by atoms with Crippen LogP contribution >= 0.6 is 0 Å². The fraction of sp³-hybridized carbons (Fsp3) is 0.375. The molecule has 0 saturated heterocycles. The maximum absolute atomic E-state index is 12.1. The number of hydrogen-bond donors (Lipinski definition) is 0. The fourth-order valence-corrected chi connectivity index (χ4v) is 2.27. The lowest BCUT2D eigenvalue weighted by Gasteiger charge is -2.25. The van der Waals surface area contributed by atoms with Gasteiger partial charge in [0.2, 0.25) is 0 Å². The van der Waals surface area contributed by atoms with Crippen molar-refractivity contribution in [1.29, 1.82) is 0 Å². The first-order valence-corrected chi connectivity index (χ1v) is 7.50. The molecule has 1 aromatic carbocycles. The summed E-state index contributed by atoms with van der Waals surface area (Å²) in [6.45, 7) is 1.25. The number of oxime groups is 1. The molecule has 0 saturated carbocycles. The number of ether oxygens (including phenoxy) is 1. The highest BCUT2D eigenvalue weighted by Crippen LogP contribution is 2.13. The van der Waals surface area contributed by atoms with Crippen LogP contribution in [0.15, 0.2) is 41.1 Å². The Kier molecular flexibility index (Phi) is 6.30. The summed E-state index contributed by atoms with van der Waals surface area (Å²) < 4.78 is 5.27. The van der Waals surface area contributed by atoms with Crippen LogP contribution in [0.5, 0.6) is 0 Å². The van der Waals surface area contributed by atoms with Gasteiger partial charge in [-0.2, -0.15) is 0 Å². The van der Waals surface area contributed by atoms with Gasteiger partial charge in [-0.3, -0.25) is 10.1 Å². The maximum Gasteiger partial charge on any atom is 0.410 e. The minimum absolute atomic E-state index is 0.0427. The molecule has 1 heterocycles. The number of nitro groups is 1. The minimum atomic E-state index is -0.446. The van der Waals surface area contributed by atoms with Gasteiger partial charge in [-0.25, -0.2) is 4.79 Å². The first kappa shape index (κ1) is 17.5. The van der Waals surface area contributed by atoms with Gasteiger partial charge < -0.3 is 14.5 Å². The average molecular weight is 333 g/mol. The van der Waals surface area contributed by atoms with E-state index in [0.717, 1.165) is 17.6 Å². The summed E-state index contributed by atoms with van der Waals surface area (Å²) in [7, 11) is 1.46. The molecular weight excluding hydrogens is 314 g/mol. The van der Waals surface area contributed by atoms with Crippen molar-refractivity contribution >= 4 is 18.0 Å². The Morgan fingerprint density at radius 2 is 2.17 bits per heavy atom. The number of non-ortho nitro benzene ring substituents is 1. The molecule has 1 aliphatic rings. The zero-order chi connectivity index (χ0) is 17.4. The largest absolute Gasteiger partial charge is 0.449 e. The summed E-state index contributed by atoms with van der Waals surface area (Å²) in [5, 5.41) is 14.3. The van der Waals surface area contributed by atoms with Gasteiger partial charge >= 0.3 is 6.09 Å². The molecule has 0 N–H and O–H groups in total. The molecule has 0 radical (unpaired) electrons. The zero-order valence-electron chi connectivity index (χ0n) is 13.4. The Morgan fingerprint density at radius 3 is 2.83 bits per heavy atom. The van der Waals surface area contributed by atoms with E-state index in [-0.39, 0.29) is 18.4 Å². The summed E-state index contributed by atoms with van der Waals surface area (Å²) in [6, 6.07) is 6.20. The molecule has 128 valence electrons. The summed E-state index contributed by atoms with van der Waals surface area (Å²) in [4.78, 5) is 28.4. The topological polar surface area (TPSA) is 94.3 Å². The van der Waals surface area contributed by atoms with Gasteiger partial charge in [0.05, 0.1) is 24.3 Å². The van der Waals surface area contributed by atoms with E-state index in [9.17, 15) is 14.9 Å².